The average molecular weight is 660 g/mol. The van der Waals surface area contributed by atoms with Crippen LogP contribution in [0.5, 0.6) is 11.5 Å². The van der Waals surface area contributed by atoms with Gasteiger partial charge in [-0.2, -0.15) is 13.5 Å². The number of nitrogens with two attached hydrogens (primary N) is 1. The van der Waals surface area contributed by atoms with E-state index in [4.69, 9.17) is 15.2 Å². The molecule has 2 heterocycles. The van der Waals surface area contributed by atoms with Crippen LogP contribution in [0, 0.1) is 5.92 Å². The third-order valence-electron chi connectivity index (χ3n) is 10.3. The number of ether oxygens (including phenoxy) is 2. The van der Waals surface area contributed by atoms with E-state index in [0.29, 0.717) is 49.7 Å². The lowest BCUT2D eigenvalue weighted by atomic mass is 9.90. The number of amides is 1. The molecular formula is C35H47F2N3O5S. The number of piperidine rings is 1. The SMILES string of the molecule is NC1CC2CCC(C1)N2C(=O)[C@H](NS(=O)(=O)c1ccc(OCC2CCCCC2)cc1)C(F)(F)c1ccc(OC2CCCCC2)cc1. The number of fused-ring (bicyclic) bond motifs is 2. The van der Waals surface area contributed by atoms with Crippen LogP contribution in [0.15, 0.2) is 53.4 Å². The van der Waals surface area contributed by atoms with E-state index in [9.17, 15) is 13.2 Å². The van der Waals surface area contributed by atoms with Gasteiger partial charge in [-0.25, -0.2) is 8.42 Å². The lowest BCUT2D eigenvalue weighted by molar-refractivity contribution is -0.149. The Balaban J connectivity index is 1.22. The van der Waals surface area contributed by atoms with Gasteiger partial charge in [-0.3, -0.25) is 4.79 Å². The molecule has 2 aromatic carbocycles. The Morgan fingerprint density at radius 1 is 0.848 bits per heavy atom. The summed E-state index contributed by atoms with van der Waals surface area (Å²) in [6.07, 6.45) is 13.4. The van der Waals surface area contributed by atoms with Crippen molar-refractivity contribution >= 4 is 15.9 Å². The van der Waals surface area contributed by atoms with Gasteiger partial charge in [0.1, 0.15) is 11.5 Å². The van der Waals surface area contributed by atoms with E-state index >= 15 is 8.78 Å². The molecule has 1 amide bonds. The fourth-order valence-electron chi connectivity index (χ4n) is 7.81. The van der Waals surface area contributed by atoms with Crippen molar-refractivity contribution in [2.24, 2.45) is 11.7 Å². The number of halogens is 2. The van der Waals surface area contributed by atoms with Gasteiger partial charge in [-0.1, -0.05) is 25.7 Å². The van der Waals surface area contributed by atoms with E-state index in [1.54, 1.807) is 0 Å². The van der Waals surface area contributed by atoms with Crippen molar-refractivity contribution in [1.29, 1.82) is 0 Å². The van der Waals surface area contributed by atoms with Gasteiger partial charge in [0, 0.05) is 23.7 Å². The number of carbonyl (C=O) groups excluding carboxylic acids is 1. The Bertz CT molecular complexity index is 1410. The molecule has 0 radical (unpaired) electrons. The lowest BCUT2D eigenvalue weighted by Crippen LogP contribution is -2.60. The summed E-state index contributed by atoms with van der Waals surface area (Å²) in [5.41, 5.74) is 5.72. The van der Waals surface area contributed by atoms with Gasteiger partial charge < -0.3 is 20.1 Å². The van der Waals surface area contributed by atoms with Crippen molar-refractivity contribution in [2.45, 2.75) is 131 Å². The maximum Gasteiger partial charge on any atom is 0.298 e. The van der Waals surface area contributed by atoms with Gasteiger partial charge >= 0.3 is 0 Å². The normalized spacial score (nSPS) is 25.3. The zero-order valence-electron chi connectivity index (χ0n) is 26.4. The number of nitrogens with one attached hydrogen (secondary N) is 1. The molecule has 2 saturated carbocycles. The number of sulfonamides is 1. The van der Waals surface area contributed by atoms with Crippen molar-refractivity contribution < 1.29 is 31.5 Å². The number of hydrogen-bond acceptors (Lipinski definition) is 6. The van der Waals surface area contributed by atoms with Crippen molar-refractivity contribution in [2.75, 3.05) is 6.61 Å². The lowest BCUT2D eigenvalue weighted by Gasteiger charge is -2.41. The standard InChI is InChI=1S/C35H47F2N3O5S/c36-35(37,25-11-15-31(16-12-25)45-30-9-5-2-6-10-30)33(34(41)40-27-13-14-28(40)22-26(38)21-27)39-46(42,43)32-19-17-29(18-20-32)44-23-24-7-3-1-4-8-24/h11-12,15-20,24,26-28,30,33,39H,1-10,13-14,21-23,38H2/t26?,27?,28?,33-/m0/s1. The topological polar surface area (TPSA) is 111 Å². The van der Waals surface area contributed by atoms with Crippen LogP contribution >= 0.6 is 0 Å². The Morgan fingerprint density at radius 2 is 1.41 bits per heavy atom. The second-order valence-electron chi connectivity index (χ2n) is 13.7. The molecule has 2 saturated heterocycles. The van der Waals surface area contributed by atoms with E-state index in [1.807, 2.05) is 0 Å². The van der Waals surface area contributed by atoms with Crippen LogP contribution in [0.25, 0.3) is 0 Å². The fraction of sp³-hybridized carbons (Fsp3) is 0.629. The fourth-order valence-corrected chi connectivity index (χ4v) is 9.00. The summed E-state index contributed by atoms with van der Waals surface area (Å²) in [5, 5.41) is 0. The van der Waals surface area contributed by atoms with Gasteiger partial charge in [-0.05, 0) is 119 Å². The van der Waals surface area contributed by atoms with Gasteiger partial charge in [0.2, 0.25) is 15.9 Å². The van der Waals surface area contributed by atoms with Crippen LogP contribution in [0.2, 0.25) is 0 Å². The highest BCUT2D eigenvalue weighted by molar-refractivity contribution is 7.89. The van der Waals surface area contributed by atoms with E-state index < -0.39 is 33.5 Å². The molecule has 4 fully saturated rings. The van der Waals surface area contributed by atoms with Crippen LogP contribution in [-0.4, -0.2) is 56.1 Å². The first kappa shape index (κ1) is 33.2. The maximum absolute atomic E-state index is 16.5. The molecule has 3 N–H and O–H groups in total. The summed E-state index contributed by atoms with van der Waals surface area (Å²) in [4.78, 5) is 15.3. The van der Waals surface area contributed by atoms with Crippen molar-refractivity contribution in [1.82, 2.24) is 9.62 Å². The van der Waals surface area contributed by atoms with Crippen LogP contribution < -0.4 is 19.9 Å². The van der Waals surface area contributed by atoms with Gasteiger partial charge in [0.25, 0.3) is 5.92 Å². The molecule has 2 unspecified atom stereocenters. The third kappa shape index (κ3) is 7.52. The number of benzene rings is 2. The molecule has 2 bridgehead atoms. The summed E-state index contributed by atoms with van der Waals surface area (Å²) in [6.45, 7) is 0.555. The Labute approximate surface area is 271 Å². The minimum Gasteiger partial charge on any atom is -0.493 e. The molecule has 3 atom stereocenters. The van der Waals surface area contributed by atoms with Crippen molar-refractivity contribution in [3.05, 3.63) is 54.1 Å². The first-order valence-electron chi connectivity index (χ1n) is 17.1. The summed E-state index contributed by atoms with van der Waals surface area (Å²) in [5.74, 6) is -3.32. The number of rotatable bonds is 11. The smallest absolute Gasteiger partial charge is 0.298 e. The van der Waals surface area contributed by atoms with Crippen LogP contribution in [-0.2, 0) is 20.7 Å². The average Bonchev–Trinajstić information content (AvgIpc) is 3.34. The molecule has 8 nitrogen and oxygen atoms in total. The number of hydrogen-bond donors (Lipinski definition) is 2. The van der Waals surface area contributed by atoms with Crippen LogP contribution in [0.3, 0.4) is 0 Å². The van der Waals surface area contributed by atoms with Gasteiger partial charge in [0.15, 0.2) is 6.04 Å². The maximum atomic E-state index is 16.5. The summed E-state index contributed by atoms with van der Waals surface area (Å²) in [7, 11) is -4.52. The van der Waals surface area contributed by atoms with E-state index in [1.165, 1.54) is 79.1 Å². The number of alkyl halides is 2. The van der Waals surface area contributed by atoms with Crippen molar-refractivity contribution in [3.63, 3.8) is 0 Å². The molecule has 2 aliphatic heterocycles. The molecule has 252 valence electrons. The predicted octanol–water partition coefficient (Wildman–Crippen LogP) is 6.28. The van der Waals surface area contributed by atoms with Gasteiger partial charge in [0.05, 0.1) is 17.6 Å². The zero-order valence-corrected chi connectivity index (χ0v) is 27.2. The van der Waals surface area contributed by atoms with Crippen LogP contribution in [0.1, 0.15) is 95.5 Å². The van der Waals surface area contributed by atoms with E-state index in [0.717, 1.165) is 38.5 Å². The molecular weight excluding hydrogens is 612 g/mol. The highest BCUT2D eigenvalue weighted by Gasteiger charge is 2.53. The molecule has 46 heavy (non-hydrogen) atoms. The molecule has 11 heteroatoms. The quantitative estimate of drug-likeness (QED) is 0.294. The van der Waals surface area contributed by atoms with E-state index in [2.05, 4.69) is 4.72 Å². The highest BCUT2D eigenvalue weighted by Crippen LogP contribution is 2.40. The van der Waals surface area contributed by atoms with Crippen LogP contribution in [0.4, 0.5) is 8.78 Å². The highest BCUT2D eigenvalue weighted by atomic mass is 32.2. The molecule has 2 aliphatic carbocycles. The number of carbonyl (C=O) groups is 1. The molecule has 6 rings (SSSR count). The largest absolute Gasteiger partial charge is 0.493 e. The summed E-state index contributed by atoms with van der Waals surface area (Å²) in [6, 6.07) is 8.08. The third-order valence-corrected chi connectivity index (χ3v) is 11.8. The number of nitrogens with zero attached hydrogens (tertiary/aromatic N) is 1. The Hall–Kier alpha value is -2.76. The second-order valence-corrected chi connectivity index (χ2v) is 15.4. The van der Waals surface area contributed by atoms with Crippen molar-refractivity contribution in [3.8, 4) is 11.5 Å². The first-order chi connectivity index (χ1) is 22.1. The second kappa shape index (κ2) is 14.2. The zero-order chi connectivity index (χ0) is 32.3. The molecule has 2 aromatic rings. The summed E-state index contributed by atoms with van der Waals surface area (Å²) < 4.78 is 74.3. The Morgan fingerprint density at radius 3 is 2.02 bits per heavy atom. The molecule has 0 spiro atoms. The monoisotopic (exact) mass is 659 g/mol. The minimum atomic E-state index is -4.52. The minimum absolute atomic E-state index is 0.0474. The molecule has 4 aliphatic rings. The first-order valence-corrected chi connectivity index (χ1v) is 18.6. The predicted molar refractivity (Wildman–Crippen MR) is 171 cm³/mol. The summed E-state index contributed by atoms with van der Waals surface area (Å²) >= 11 is 0. The Kier molecular flexibility index (Phi) is 10.2. The van der Waals surface area contributed by atoms with Gasteiger partial charge in [-0.15, -0.1) is 0 Å². The molecule has 0 aromatic heterocycles. The van der Waals surface area contributed by atoms with E-state index in [-0.39, 0.29) is 29.1 Å².